The van der Waals surface area contributed by atoms with Crippen LogP contribution in [-0.2, 0) is 0 Å². The van der Waals surface area contributed by atoms with Crippen LogP contribution >= 0.6 is 11.8 Å². The normalized spacial score (nSPS) is 19.8. The Morgan fingerprint density at radius 2 is 2.38 bits per heavy atom. The lowest BCUT2D eigenvalue weighted by atomic mass is 10.2. The van der Waals surface area contributed by atoms with Gasteiger partial charge in [-0.25, -0.2) is 15.8 Å². The number of anilines is 2. The molecule has 1 atom stereocenters. The molecule has 1 aliphatic rings. The van der Waals surface area contributed by atoms with Crippen LogP contribution in [0.15, 0.2) is 6.07 Å². The topological polar surface area (TPSA) is 67.1 Å². The number of nitrogens with two attached hydrogens (primary N) is 1. The highest BCUT2D eigenvalue weighted by Gasteiger charge is 2.21. The first-order valence-electron chi connectivity index (χ1n) is 5.33. The number of aryl methyl sites for hydroxylation is 1. The van der Waals surface area contributed by atoms with Crippen molar-refractivity contribution < 1.29 is 0 Å². The molecule has 0 radical (unpaired) electrons. The van der Waals surface area contributed by atoms with Crippen molar-refractivity contribution in [2.75, 3.05) is 28.9 Å². The van der Waals surface area contributed by atoms with Crippen molar-refractivity contribution in [2.24, 2.45) is 5.84 Å². The standard InChI is InChI=1S/C10H17N5S/c1-7-12-9(14-11)5-10(13-7)15(2)8-3-4-16-6-8/h5,8H,3-4,6,11H2,1-2H3,(H,12,13,14). The van der Waals surface area contributed by atoms with Gasteiger partial charge in [0.15, 0.2) is 0 Å². The van der Waals surface area contributed by atoms with Crippen LogP contribution in [0.3, 0.4) is 0 Å². The molecule has 0 aromatic carbocycles. The average molecular weight is 239 g/mol. The van der Waals surface area contributed by atoms with Crippen molar-refractivity contribution in [1.29, 1.82) is 0 Å². The highest BCUT2D eigenvalue weighted by molar-refractivity contribution is 7.99. The molecular weight excluding hydrogens is 222 g/mol. The largest absolute Gasteiger partial charge is 0.356 e. The molecule has 0 bridgehead atoms. The number of rotatable bonds is 3. The molecule has 0 amide bonds. The van der Waals surface area contributed by atoms with Crippen LogP contribution in [0, 0.1) is 6.92 Å². The lowest BCUT2D eigenvalue weighted by molar-refractivity contribution is 0.689. The predicted octanol–water partition coefficient (Wildman–Crippen LogP) is 1.01. The summed E-state index contributed by atoms with van der Waals surface area (Å²) in [4.78, 5) is 10.8. The van der Waals surface area contributed by atoms with Gasteiger partial charge in [-0.15, -0.1) is 0 Å². The summed E-state index contributed by atoms with van der Waals surface area (Å²) in [7, 11) is 2.08. The summed E-state index contributed by atoms with van der Waals surface area (Å²) in [6.45, 7) is 1.88. The monoisotopic (exact) mass is 239 g/mol. The maximum atomic E-state index is 5.38. The first kappa shape index (κ1) is 11.5. The molecule has 3 N–H and O–H groups in total. The molecule has 2 heterocycles. The van der Waals surface area contributed by atoms with Crippen molar-refractivity contribution >= 4 is 23.4 Å². The Bertz CT molecular complexity index is 364. The zero-order chi connectivity index (χ0) is 11.5. The number of nitrogen functional groups attached to an aromatic ring is 1. The molecule has 2 rings (SSSR count). The molecule has 1 aromatic heterocycles. The van der Waals surface area contributed by atoms with Gasteiger partial charge in [0.25, 0.3) is 0 Å². The number of aromatic nitrogens is 2. The minimum Gasteiger partial charge on any atom is -0.356 e. The molecule has 1 aromatic rings. The van der Waals surface area contributed by atoms with Gasteiger partial charge < -0.3 is 10.3 Å². The summed E-state index contributed by atoms with van der Waals surface area (Å²) in [5, 5.41) is 0. The minimum atomic E-state index is 0.574. The Balaban J connectivity index is 2.21. The first-order valence-corrected chi connectivity index (χ1v) is 6.49. The van der Waals surface area contributed by atoms with Crippen LogP contribution in [0.2, 0.25) is 0 Å². The number of nitrogens with zero attached hydrogens (tertiary/aromatic N) is 3. The zero-order valence-electron chi connectivity index (χ0n) is 9.60. The third kappa shape index (κ3) is 2.38. The van der Waals surface area contributed by atoms with E-state index in [4.69, 9.17) is 5.84 Å². The Kier molecular flexibility index (Phi) is 3.50. The molecule has 1 unspecified atom stereocenters. The van der Waals surface area contributed by atoms with E-state index in [-0.39, 0.29) is 0 Å². The fourth-order valence-electron chi connectivity index (χ4n) is 1.82. The molecule has 0 aliphatic carbocycles. The zero-order valence-corrected chi connectivity index (χ0v) is 10.4. The number of hydrazine groups is 1. The maximum absolute atomic E-state index is 5.38. The van der Waals surface area contributed by atoms with Crippen molar-refractivity contribution in [3.05, 3.63) is 11.9 Å². The smallest absolute Gasteiger partial charge is 0.145 e. The third-order valence-corrected chi connectivity index (χ3v) is 3.93. The second-order valence-electron chi connectivity index (χ2n) is 3.93. The van der Waals surface area contributed by atoms with E-state index in [9.17, 15) is 0 Å². The molecule has 0 spiro atoms. The quantitative estimate of drug-likeness (QED) is 0.606. The van der Waals surface area contributed by atoms with Gasteiger partial charge in [0.2, 0.25) is 0 Å². The van der Waals surface area contributed by atoms with Gasteiger partial charge in [-0.2, -0.15) is 11.8 Å². The van der Waals surface area contributed by atoms with Gasteiger partial charge in [0.05, 0.1) is 0 Å². The molecule has 5 nitrogen and oxygen atoms in total. The van der Waals surface area contributed by atoms with Gasteiger partial charge in [0.1, 0.15) is 17.5 Å². The van der Waals surface area contributed by atoms with E-state index in [1.54, 1.807) is 0 Å². The first-order chi connectivity index (χ1) is 7.70. The average Bonchev–Trinajstić information content (AvgIpc) is 2.80. The van der Waals surface area contributed by atoms with Gasteiger partial charge in [-0.05, 0) is 19.1 Å². The van der Waals surface area contributed by atoms with E-state index in [2.05, 4.69) is 27.3 Å². The van der Waals surface area contributed by atoms with E-state index < -0.39 is 0 Å². The van der Waals surface area contributed by atoms with Crippen LogP contribution in [-0.4, -0.2) is 34.6 Å². The Labute approximate surface area is 99.8 Å². The molecule has 1 fully saturated rings. The predicted molar refractivity (Wildman–Crippen MR) is 68.7 cm³/mol. The van der Waals surface area contributed by atoms with Gasteiger partial charge in [0, 0.05) is 24.9 Å². The third-order valence-electron chi connectivity index (χ3n) is 2.79. The number of nitrogens with one attached hydrogen (secondary N) is 1. The molecule has 16 heavy (non-hydrogen) atoms. The van der Waals surface area contributed by atoms with Crippen molar-refractivity contribution in [3.8, 4) is 0 Å². The Morgan fingerprint density at radius 3 is 3.00 bits per heavy atom. The number of hydrogen-bond donors (Lipinski definition) is 2. The Morgan fingerprint density at radius 1 is 1.56 bits per heavy atom. The van der Waals surface area contributed by atoms with Gasteiger partial charge >= 0.3 is 0 Å². The molecule has 1 saturated heterocycles. The summed E-state index contributed by atoms with van der Waals surface area (Å²) < 4.78 is 0. The van der Waals surface area contributed by atoms with Crippen LogP contribution < -0.4 is 16.2 Å². The van der Waals surface area contributed by atoms with E-state index in [1.807, 2.05) is 24.8 Å². The number of hydrogen-bond acceptors (Lipinski definition) is 6. The second kappa shape index (κ2) is 4.88. The van der Waals surface area contributed by atoms with Crippen LogP contribution in [0.25, 0.3) is 0 Å². The summed E-state index contributed by atoms with van der Waals surface area (Å²) in [5.41, 5.74) is 2.57. The van der Waals surface area contributed by atoms with E-state index in [0.717, 1.165) is 11.6 Å². The van der Waals surface area contributed by atoms with Crippen LogP contribution in [0.5, 0.6) is 0 Å². The highest BCUT2D eigenvalue weighted by atomic mass is 32.2. The Hall–Kier alpha value is -1.01. The molecule has 0 saturated carbocycles. The summed E-state index contributed by atoms with van der Waals surface area (Å²) in [6.07, 6.45) is 1.22. The van der Waals surface area contributed by atoms with E-state index in [0.29, 0.717) is 11.9 Å². The summed E-state index contributed by atoms with van der Waals surface area (Å²) >= 11 is 1.99. The molecule has 88 valence electrons. The van der Waals surface area contributed by atoms with Crippen molar-refractivity contribution in [1.82, 2.24) is 9.97 Å². The van der Waals surface area contributed by atoms with Crippen LogP contribution in [0.1, 0.15) is 12.2 Å². The fourth-order valence-corrected chi connectivity index (χ4v) is 3.09. The van der Waals surface area contributed by atoms with Gasteiger partial charge in [-0.3, -0.25) is 0 Å². The fraction of sp³-hybridized carbons (Fsp3) is 0.600. The summed E-state index contributed by atoms with van der Waals surface area (Å²) in [6, 6.07) is 2.46. The molecule has 6 heteroatoms. The van der Waals surface area contributed by atoms with Crippen LogP contribution in [0.4, 0.5) is 11.6 Å². The SMILES string of the molecule is Cc1nc(NN)cc(N(C)C2CCSC2)n1. The van der Waals surface area contributed by atoms with E-state index in [1.165, 1.54) is 17.9 Å². The summed E-state index contributed by atoms with van der Waals surface area (Å²) in [5.74, 6) is 10.1. The lowest BCUT2D eigenvalue weighted by Crippen LogP contribution is -2.32. The second-order valence-corrected chi connectivity index (χ2v) is 5.08. The van der Waals surface area contributed by atoms with Crippen molar-refractivity contribution in [2.45, 2.75) is 19.4 Å². The molecule has 1 aliphatic heterocycles. The minimum absolute atomic E-state index is 0.574. The van der Waals surface area contributed by atoms with E-state index >= 15 is 0 Å². The highest BCUT2D eigenvalue weighted by Crippen LogP contribution is 2.25. The lowest BCUT2D eigenvalue weighted by Gasteiger charge is -2.25. The van der Waals surface area contributed by atoms with Crippen molar-refractivity contribution in [3.63, 3.8) is 0 Å². The molecular formula is C10H17N5S. The van der Waals surface area contributed by atoms with Gasteiger partial charge in [-0.1, -0.05) is 0 Å². The maximum Gasteiger partial charge on any atom is 0.145 e. The number of thioether (sulfide) groups is 1.